The van der Waals surface area contributed by atoms with E-state index >= 15 is 0 Å². The van der Waals surface area contributed by atoms with Crippen LogP contribution in [-0.4, -0.2) is 12.8 Å². The standard InChI is InChI=1S/C10H12F3NO/c1-7(14)8-3-2-4-9(5-8)15-6-10(11,12)13/h2-5,7H,6,14H2,1H3/t7-/m1/s1. The van der Waals surface area contributed by atoms with Crippen molar-refractivity contribution in [3.05, 3.63) is 29.8 Å². The van der Waals surface area contributed by atoms with E-state index in [1.165, 1.54) is 12.1 Å². The molecule has 0 aromatic heterocycles. The maximum absolute atomic E-state index is 11.9. The van der Waals surface area contributed by atoms with Crippen molar-refractivity contribution in [3.63, 3.8) is 0 Å². The molecule has 15 heavy (non-hydrogen) atoms. The summed E-state index contributed by atoms with van der Waals surface area (Å²) in [7, 11) is 0. The highest BCUT2D eigenvalue weighted by Gasteiger charge is 2.28. The Morgan fingerprint density at radius 2 is 2.07 bits per heavy atom. The molecule has 0 heterocycles. The van der Waals surface area contributed by atoms with Gasteiger partial charge in [0, 0.05) is 6.04 Å². The van der Waals surface area contributed by atoms with E-state index in [4.69, 9.17) is 5.73 Å². The Morgan fingerprint density at radius 3 is 2.60 bits per heavy atom. The van der Waals surface area contributed by atoms with Crippen molar-refractivity contribution in [1.82, 2.24) is 0 Å². The summed E-state index contributed by atoms with van der Waals surface area (Å²) in [6.07, 6.45) is -4.32. The zero-order valence-corrected chi connectivity index (χ0v) is 8.21. The largest absolute Gasteiger partial charge is 0.484 e. The lowest BCUT2D eigenvalue weighted by atomic mass is 10.1. The van der Waals surface area contributed by atoms with E-state index in [9.17, 15) is 13.2 Å². The highest BCUT2D eigenvalue weighted by molar-refractivity contribution is 5.30. The molecule has 1 aromatic carbocycles. The van der Waals surface area contributed by atoms with E-state index in [2.05, 4.69) is 4.74 Å². The minimum atomic E-state index is -4.32. The fourth-order valence-electron chi connectivity index (χ4n) is 1.05. The van der Waals surface area contributed by atoms with Gasteiger partial charge in [0.25, 0.3) is 0 Å². The summed E-state index contributed by atoms with van der Waals surface area (Å²) in [5.74, 6) is 0.183. The first-order chi connectivity index (χ1) is 6.88. The van der Waals surface area contributed by atoms with E-state index in [0.717, 1.165) is 5.56 Å². The van der Waals surface area contributed by atoms with Gasteiger partial charge in [0.2, 0.25) is 0 Å². The van der Waals surface area contributed by atoms with Crippen LogP contribution in [0.15, 0.2) is 24.3 Å². The Labute approximate surface area is 85.8 Å². The minimum absolute atomic E-state index is 0.183. The predicted octanol–water partition coefficient (Wildman–Crippen LogP) is 2.65. The van der Waals surface area contributed by atoms with Crippen LogP contribution in [0.2, 0.25) is 0 Å². The first kappa shape index (κ1) is 11.8. The second kappa shape index (κ2) is 4.53. The average Bonchev–Trinajstić information content (AvgIpc) is 2.14. The molecule has 1 atom stereocenters. The van der Waals surface area contributed by atoms with Crippen molar-refractivity contribution >= 4 is 0 Å². The summed E-state index contributed by atoms with van der Waals surface area (Å²) in [5.41, 5.74) is 6.33. The predicted molar refractivity (Wildman–Crippen MR) is 50.6 cm³/mol. The zero-order chi connectivity index (χ0) is 11.5. The summed E-state index contributed by atoms with van der Waals surface area (Å²) < 4.78 is 40.1. The molecule has 2 nitrogen and oxygen atoms in total. The van der Waals surface area contributed by atoms with Crippen LogP contribution in [0.25, 0.3) is 0 Å². The first-order valence-electron chi connectivity index (χ1n) is 4.43. The smallest absolute Gasteiger partial charge is 0.422 e. The number of benzene rings is 1. The van der Waals surface area contributed by atoms with Crippen molar-refractivity contribution in [2.45, 2.75) is 19.1 Å². The molecule has 1 rings (SSSR count). The molecule has 5 heteroatoms. The summed E-state index contributed by atoms with van der Waals surface area (Å²) in [4.78, 5) is 0. The normalized spacial score (nSPS) is 13.7. The van der Waals surface area contributed by atoms with Crippen molar-refractivity contribution in [1.29, 1.82) is 0 Å². The highest BCUT2D eigenvalue weighted by atomic mass is 19.4. The van der Waals surface area contributed by atoms with Gasteiger partial charge < -0.3 is 10.5 Å². The SMILES string of the molecule is C[C@@H](N)c1cccc(OCC(F)(F)F)c1. The van der Waals surface area contributed by atoms with Crippen LogP contribution in [-0.2, 0) is 0 Å². The van der Waals surface area contributed by atoms with Gasteiger partial charge in [-0.3, -0.25) is 0 Å². The molecule has 0 spiro atoms. The van der Waals surface area contributed by atoms with Gasteiger partial charge in [-0.15, -0.1) is 0 Å². The summed E-state index contributed by atoms with van der Waals surface area (Å²) in [6, 6.07) is 6.11. The van der Waals surface area contributed by atoms with Crippen molar-refractivity contribution in [3.8, 4) is 5.75 Å². The van der Waals surface area contributed by atoms with Crippen molar-refractivity contribution in [2.24, 2.45) is 5.73 Å². The Kier molecular flexibility index (Phi) is 3.57. The molecular formula is C10H12F3NO. The Balaban J connectivity index is 2.66. The number of rotatable bonds is 3. The molecule has 0 saturated carbocycles. The third kappa shape index (κ3) is 4.20. The molecule has 0 bridgehead atoms. The molecular weight excluding hydrogens is 207 g/mol. The van der Waals surface area contributed by atoms with Crippen LogP contribution in [0, 0.1) is 0 Å². The maximum Gasteiger partial charge on any atom is 0.422 e. The van der Waals surface area contributed by atoms with Crippen molar-refractivity contribution < 1.29 is 17.9 Å². The molecule has 0 radical (unpaired) electrons. The van der Waals surface area contributed by atoms with E-state index in [1.54, 1.807) is 19.1 Å². The second-order valence-electron chi connectivity index (χ2n) is 3.27. The van der Waals surface area contributed by atoms with Gasteiger partial charge in [-0.2, -0.15) is 13.2 Å². The van der Waals surface area contributed by atoms with Gasteiger partial charge in [0.15, 0.2) is 6.61 Å². The molecule has 2 N–H and O–H groups in total. The van der Waals surface area contributed by atoms with Crippen LogP contribution >= 0.6 is 0 Å². The first-order valence-corrected chi connectivity index (χ1v) is 4.43. The van der Waals surface area contributed by atoms with Gasteiger partial charge in [-0.1, -0.05) is 12.1 Å². The number of halogens is 3. The van der Waals surface area contributed by atoms with Gasteiger partial charge in [-0.25, -0.2) is 0 Å². The molecule has 0 saturated heterocycles. The number of hydrogen-bond acceptors (Lipinski definition) is 2. The number of nitrogens with two attached hydrogens (primary N) is 1. The van der Waals surface area contributed by atoms with Crippen LogP contribution in [0.1, 0.15) is 18.5 Å². The molecule has 0 amide bonds. The quantitative estimate of drug-likeness (QED) is 0.848. The summed E-state index contributed by atoms with van der Waals surface area (Å²) >= 11 is 0. The topological polar surface area (TPSA) is 35.2 Å². The minimum Gasteiger partial charge on any atom is -0.484 e. The van der Waals surface area contributed by atoms with Gasteiger partial charge in [0.05, 0.1) is 0 Å². The number of ether oxygens (including phenoxy) is 1. The molecule has 0 fully saturated rings. The lowest BCUT2D eigenvalue weighted by molar-refractivity contribution is -0.153. The monoisotopic (exact) mass is 219 g/mol. The maximum atomic E-state index is 11.9. The van der Waals surface area contributed by atoms with Crippen LogP contribution in [0.4, 0.5) is 13.2 Å². The van der Waals surface area contributed by atoms with Gasteiger partial charge >= 0.3 is 6.18 Å². The van der Waals surface area contributed by atoms with E-state index in [1.807, 2.05) is 0 Å². The fourth-order valence-corrected chi connectivity index (χ4v) is 1.05. The van der Waals surface area contributed by atoms with Gasteiger partial charge in [0.1, 0.15) is 5.75 Å². The fraction of sp³-hybridized carbons (Fsp3) is 0.400. The average molecular weight is 219 g/mol. The van der Waals surface area contributed by atoms with E-state index in [-0.39, 0.29) is 11.8 Å². The molecule has 84 valence electrons. The summed E-state index contributed by atoms with van der Waals surface area (Å²) in [5, 5.41) is 0. The zero-order valence-electron chi connectivity index (χ0n) is 8.21. The molecule has 1 aromatic rings. The van der Waals surface area contributed by atoms with Crippen LogP contribution in [0.5, 0.6) is 5.75 Å². The van der Waals surface area contributed by atoms with Crippen LogP contribution < -0.4 is 10.5 Å². The molecule has 0 aliphatic carbocycles. The highest BCUT2D eigenvalue weighted by Crippen LogP contribution is 2.21. The van der Waals surface area contributed by atoms with Crippen LogP contribution in [0.3, 0.4) is 0 Å². The Bertz CT molecular complexity index is 323. The molecule has 0 aliphatic rings. The van der Waals surface area contributed by atoms with Crippen molar-refractivity contribution in [2.75, 3.05) is 6.61 Å². The third-order valence-electron chi connectivity index (χ3n) is 1.79. The Hall–Kier alpha value is -1.23. The van der Waals surface area contributed by atoms with E-state index < -0.39 is 12.8 Å². The summed E-state index contributed by atoms with van der Waals surface area (Å²) in [6.45, 7) is 0.471. The van der Waals surface area contributed by atoms with Gasteiger partial charge in [-0.05, 0) is 24.6 Å². The number of alkyl halides is 3. The third-order valence-corrected chi connectivity index (χ3v) is 1.79. The molecule has 0 aliphatic heterocycles. The molecule has 0 unspecified atom stereocenters. The van der Waals surface area contributed by atoms with E-state index in [0.29, 0.717) is 0 Å². The number of hydrogen-bond donors (Lipinski definition) is 1. The lowest BCUT2D eigenvalue weighted by Crippen LogP contribution is -2.19. The second-order valence-corrected chi connectivity index (χ2v) is 3.27. The Morgan fingerprint density at radius 1 is 1.40 bits per heavy atom. The lowest BCUT2D eigenvalue weighted by Gasteiger charge is -2.11.